The van der Waals surface area contributed by atoms with Gasteiger partial charge < -0.3 is 10.8 Å². The number of nitro groups is 1. The monoisotopic (exact) mass is 294 g/mol. The van der Waals surface area contributed by atoms with Crippen LogP contribution in [0.4, 0.5) is 15.8 Å². The molecule has 0 saturated carbocycles. The predicted octanol–water partition coefficient (Wildman–Crippen LogP) is 0.660. The second kappa shape index (κ2) is 6.06. The molecule has 0 atom stereocenters. The minimum absolute atomic E-state index is 0.618. The number of carboxylic acids is 1. The number of nitrogens with zero attached hydrogens (tertiary/aromatic N) is 3. The van der Waals surface area contributed by atoms with Crippen molar-refractivity contribution in [3.05, 3.63) is 33.6 Å². The number of halogens is 1. The van der Waals surface area contributed by atoms with Crippen LogP contribution in [0.3, 0.4) is 0 Å². The lowest BCUT2D eigenvalue weighted by Crippen LogP contribution is -2.22. The van der Waals surface area contributed by atoms with Gasteiger partial charge in [-0.3, -0.25) is 20.9 Å². The lowest BCUT2D eigenvalue weighted by Gasteiger charge is -2.07. The zero-order valence-corrected chi connectivity index (χ0v) is 10.1. The molecule has 0 aliphatic heterocycles. The van der Waals surface area contributed by atoms with Gasteiger partial charge in [-0.15, -0.1) is 0 Å². The summed E-state index contributed by atoms with van der Waals surface area (Å²) in [5.41, 5.74) is 3.71. The fourth-order valence-electron chi connectivity index (χ4n) is 1.30. The highest BCUT2D eigenvalue weighted by molar-refractivity contribution is 6.45. The Labute approximate surface area is 115 Å². The maximum absolute atomic E-state index is 13.5. The van der Waals surface area contributed by atoms with Gasteiger partial charge in [-0.1, -0.05) is 0 Å². The zero-order chi connectivity index (χ0) is 16.2. The molecule has 0 heterocycles. The highest BCUT2D eigenvalue weighted by Crippen LogP contribution is 2.30. The molecule has 1 aromatic carbocycles. The summed E-state index contributed by atoms with van der Waals surface area (Å²) in [4.78, 5) is 20.9. The van der Waals surface area contributed by atoms with Crippen molar-refractivity contribution >= 4 is 28.9 Å². The van der Waals surface area contributed by atoms with E-state index in [1.807, 2.05) is 5.43 Å². The number of rotatable bonds is 5. The molecule has 1 rings (SSSR count). The highest BCUT2D eigenvalue weighted by Gasteiger charge is 2.25. The van der Waals surface area contributed by atoms with E-state index in [4.69, 9.17) is 21.5 Å². The first kappa shape index (κ1) is 15.5. The number of carboxylic acid groups (broad SMARTS) is 1. The first-order valence-electron chi connectivity index (χ1n) is 5.08. The van der Waals surface area contributed by atoms with Crippen LogP contribution >= 0.6 is 0 Å². The van der Waals surface area contributed by atoms with E-state index >= 15 is 0 Å². The third-order valence-electron chi connectivity index (χ3n) is 2.18. The van der Waals surface area contributed by atoms with Crippen LogP contribution in [-0.2, 0) is 0 Å². The summed E-state index contributed by atoms with van der Waals surface area (Å²) < 4.78 is 13.5. The van der Waals surface area contributed by atoms with Crippen LogP contribution in [0.2, 0.25) is 0 Å². The molecule has 0 aliphatic carbocycles. The molecular weight excluding hydrogens is 287 g/mol. The standard InChI is InChI=1S/C10H7FN6O4/c11-4-1-2-6(17(20)21)8(7(4)10(18)19)16-15-5(3-12)9(13)14/h1-2,16H,(H3,13,14)(H,18,19)/b15-5+. The number of benzene rings is 1. The molecule has 5 N–H and O–H groups in total. The van der Waals surface area contributed by atoms with Gasteiger partial charge in [0.2, 0.25) is 5.71 Å². The van der Waals surface area contributed by atoms with Crippen molar-refractivity contribution in [2.45, 2.75) is 0 Å². The minimum atomic E-state index is -1.77. The average molecular weight is 294 g/mol. The summed E-state index contributed by atoms with van der Waals surface area (Å²) in [5.74, 6) is -3.75. The SMILES string of the molecule is N#C/C(=N\Nc1c([N+](=O)[O-])ccc(F)c1C(=O)O)C(=N)N. The molecule has 21 heavy (non-hydrogen) atoms. The van der Waals surface area contributed by atoms with Crippen molar-refractivity contribution in [3.8, 4) is 6.07 Å². The number of nitrogens with one attached hydrogen (secondary N) is 2. The van der Waals surface area contributed by atoms with Crippen LogP contribution in [-0.4, -0.2) is 27.5 Å². The Balaban J connectivity index is 3.49. The molecule has 0 spiro atoms. The van der Waals surface area contributed by atoms with Gasteiger partial charge in [0.1, 0.15) is 17.4 Å². The van der Waals surface area contributed by atoms with Crippen LogP contribution in [0.5, 0.6) is 0 Å². The van der Waals surface area contributed by atoms with E-state index in [-0.39, 0.29) is 0 Å². The van der Waals surface area contributed by atoms with Crippen molar-refractivity contribution in [3.63, 3.8) is 0 Å². The number of aromatic carboxylic acids is 1. The Morgan fingerprint density at radius 3 is 2.67 bits per heavy atom. The van der Waals surface area contributed by atoms with Crippen molar-refractivity contribution in [1.29, 1.82) is 10.7 Å². The molecule has 0 amide bonds. The Bertz CT molecular complexity index is 708. The quantitative estimate of drug-likeness (QED) is 0.266. The fraction of sp³-hybridized carbons (Fsp3) is 0. The van der Waals surface area contributed by atoms with Crippen molar-refractivity contribution in [2.24, 2.45) is 10.8 Å². The number of carbonyl (C=O) groups is 1. The topological polar surface area (TPSA) is 178 Å². The average Bonchev–Trinajstić information content (AvgIpc) is 2.38. The van der Waals surface area contributed by atoms with Gasteiger partial charge >= 0.3 is 5.97 Å². The van der Waals surface area contributed by atoms with Crippen LogP contribution in [0, 0.1) is 32.7 Å². The molecule has 0 fully saturated rings. The molecule has 0 bridgehead atoms. The Hall–Kier alpha value is -3.55. The first-order chi connectivity index (χ1) is 9.79. The lowest BCUT2D eigenvalue weighted by molar-refractivity contribution is -0.384. The van der Waals surface area contributed by atoms with Crippen LogP contribution < -0.4 is 11.2 Å². The van der Waals surface area contributed by atoms with Gasteiger partial charge in [-0.25, -0.2) is 9.18 Å². The van der Waals surface area contributed by atoms with E-state index in [1.54, 1.807) is 0 Å². The van der Waals surface area contributed by atoms with Crippen LogP contribution in [0.15, 0.2) is 17.2 Å². The normalized spacial score (nSPS) is 10.6. The highest BCUT2D eigenvalue weighted by atomic mass is 19.1. The Morgan fingerprint density at radius 2 is 2.24 bits per heavy atom. The number of anilines is 1. The summed E-state index contributed by atoms with van der Waals surface area (Å²) in [6, 6.07) is 2.76. The molecule has 0 aromatic heterocycles. The largest absolute Gasteiger partial charge is 0.478 e. The second-order valence-corrected chi connectivity index (χ2v) is 3.48. The molecule has 0 saturated heterocycles. The molecular formula is C10H7FN6O4. The van der Waals surface area contributed by atoms with Gasteiger partial charge in [-0.2, -0.15) is 10.4 Å². The van der Waals surface area contributed by atoms with E-state index in [0.717, 1.165) is 6.07 Å². The summed E-state index contributed by atoms with van der Waals surface area (Å²) >= 11 is 0. The van der Waals surface area contributed by atoms with Crippen LogP contribution in [0.1, 0.15) is 10.4 Å². The number of nitro benzene ring substituents is 1. The van der Waals surface area contributed by atoms with Crippen molar-refractivity contribution in [1.82, 2.24) is 0 Å². The number of hydrogen-bond donors (Lipinski definition) is 4. The smallest absolute Gasteiger partial charge is 0.341 e. The summed E-state index contributed by atoms with van der Waals surface area (Å²) in [6.45, 7) is 0. The van der Waals surface area contributed by atoms with E-state index in [0.29, 0.717) is 6.07 Å². The maximum atomic E-state index is 13.5. The number of hydrazone groups is 1. The number of nitrogens with two attached hydrogens (primary N) is 1. The molecule has 10 nitrogen and oxygen atoms in total. The third kappa shape index (κ3) is 3.26. The summed E-state index contributed by atoms with van der Waals surface area (Å²) in [7, 11) is 0. The fourth-order valence-corrected chi connectivity index (χ4v) is 1.30. The van der Waals surface area contributed by atoms with Gasteiger partial charge in [0, 0.05) is 6.07 Å². The van der Waals surface area contributed by atoms with Crippen molar-refractivity contribution < 1.29 is 19.2 Å². The third-order valence-corrected chi connectivity index (χ3v) is 2.18. The molecule has 0 aliphatic rings. The van der Waals surface area contributed by atoms with Gasteiger partial charge in [0.15, 0.2) is 11.5 Å². The predicted molar refractivity (Wildman–Crippen MR) is 68.6 cm³/mol. The molecule has 11 heteroatoms. The van der Waals surface area contributed by atoms with Crippen molar-refractivity contribution in [2.75, 3.05) is 5.43 Å². The first-order valence-corrected chi connectivity index (χ1v) is 5.08. The number of nitriles is 1. The van der Waals surface area contributed by atoms with E-state index in [2.05, 4.69) is 5.10 Å². The van der Waals surface area contributed by atoms with Gasteiger partial charge in [-0.05, 0) is 6.07 Å². The number of hydrogen-bond acceptors (Lipinski definition) is 7. The lowest BCUT2D eigenvalue weighted by atomic mass is 10.1. The molecule has 0 unspecified atom stereocenters. The Kier molecular flexibility index (Phi) is 4.48. The zero-order valence-electron chi connectivity index (χ0n) is 10.1. The van der Waals surface area contributed by atoms with E-state index in [9.17, 15) is 19.3 Å². The Morgan fingerprint density at radius 1 is 1.62 bits per heavy atom. The van der Waals surface area contributed by atoms with E-state index < -0.39 is 45.2 Å². The maximum Gasteiger partial charge on any atom is 0.341 e. The molecule has 108 valence electrons. The van der Waals surface area contributed by atoms with Gasteiger partial charge in [0.25, 0.3) is 5.69 Å². The van der Waals surface area contributed by atoms with Gasteiger partial charge in [0.05, 0.1) is 4.92 Å². The molecule has 0 radical (unpaired) electrons. The summed E-state index contributed by atoms with van der Waals surface area (Å²) in [6.07, 6.45) is 0. The number of amidine groups is 1. The second-order valence-electron chi connectivity index (χ2n) is 3.48. The van der Waals surface area contributed by atoms with E-state index in [1.165, 1.54) is 6.07 Å². The minimum Gasteiger partial charge on any atom is -0.478 e. The molecule has 1 aromatic rings. The van der Waals surface area contributed by atoms with Crippen LogP contribution in [0.25, 0.3) is 0 Å². The summed E-state index contributed by atoms with van der Waals surface area (Å²) in [5, 5.41) is 38.6.